The third-order valence-electron chi connectivity index (χ3n) is 3.78. The van der Waals surface area contributed by atoms with Gasteiger partial charge in [-0.15, -0.1) is 0 Å². The van der Waals surface area contributed by atoms with E-state index in [9.17, 15) is 4.79 Å². The number of carbonyl (C=O) groups excluding carboxylic acids is 1. The molecule has 1 amide bonds. The second kappa shape index (κ2) is 4.60. The maximum atomic E-state index is 11.5. The van der Waals surface area contributed by atoms with E-state index < -0.39 is 0 Å². The van der Waals surface area contributed by atoms with E-state index in [4.69, 9.17) is 16.7 Å². The van der Waals surface area contributed by atoms with Crippen molar-refractivity contribution < 1.29 is 10.0 Å². The molecule has 2 heterocycles. The minimum Gasteiger partial charge on any atom is -0.382 e. The van der Waals surface area contributed by atoms with Crippen LogP contribution in [0.5, 0.6) is 0 Å². The fourth-order valence-corrected chi connectivity index (χ4v) is 2.82. The van der Waals surface area contributed by atoms with E-state index in [1.807, 2.05) is 0 Å². The lowest BCUT2D eigenvalue weighted by atomic mass is 10.1. The lowest BCUT2D eigenvalue weighted by molar-refractivity contribution is -0.133. The van der Waals surface area contributed by atoms with Crippen LogP contribution in [0.15, 0.2) is 6.33 Å². The molecule has 0 bridgehead atoms. The molecule has 0 unspecified atom stereocenters. The number of hydrogen-bond acceptors (Lipinski definition) is 7. The van der Waals surface area contributed by atoms with E-state index in [0.717, 1.165) is 6.42 Å². The van der Waals surface area contributed by atoms with Crippen LogP contribution in [0.1, 0.15) is 25.3 Å². The summed E-state index contributed by atoms with van der Waals surface area (Å²) in [7, 11) is 0. The molecule has 6 N–H and O–H groups in total. The first-order chi connectivity index (χ1) is 9.61. The van der Waals surface area contributed by atoms with Gasteiger partial charge < -0.3 is 11.5 Å². The summed E-state index contributed by atoms with van der Waals surface area (Å²) in [6.07, 6.45) is 3.38. The summed E-state index contributed by atoms with van der Waals surface area (Å²) in [6, 6.07) is 0.0107. The van der Waals surface area contributed by atoms with Gasteiger partial charge in [0.1, 0.15) is 6.33 Å². The second-order valence-electron chi connectivity index (χ2n) is 4.91. The summed E-state index contributed by atoms with van der Waals surface area (Å²) < 4.78 is 1.79. The minimum atomic E-state index is -0.371. The Balaban J connectivity index is 1.98. The zero-order valence-electron chi connectivity index (χ0n) is 10.7. The normalized spacial score (nSPS) is 22.2. The number of anilines is 2. The molecule has 0 aromatic carbocycles. The van der Waals surface area contributed by atoms with Crippen molar-refractivity contribution in [2.45, 2.75) is 25.3 Å². The van der Waals surface area contributed by atoms with E-state index in [1.54, 1.807) is 10.0 Å². The molecule has 2 aromatic heterocycles. The van der Waals surface area contributed by atoms with Crippen LogP contribution in [0, 0.1) is 5.92 Å². The Kier molecular flexibility index (Phi) is 2.90. The average molecular weight is 277 g/mol. The number of amides is 1. The first-order valence-corrected chi connectivity index (χ1v) is 6.29. The molecule has 1 aliphatic rings. The summed E-state index contributed by atoms with van der Waals surface area (Å²) in [5.74, 6) is -0.0176. The standard InChI is InChI=1S/C11H15N7O2/c12-8-7-9(15-4-14-8)18(11(13)16-7)6-2-1-5(3-6)10(19)17-20/h4-6,20H,1-3H2,(H2,13,16)(H,17,19)(H2,12,14,15)/t5-,6-/m1/s1. The smallest absolute Gasteiger partial charge is 0.246 e. The molecule has 106 valence electrons. The van der Waals surface area contributed by atoms with Crippen LogP contribution in [-0.4, -0.2) is 30.6 Å². The first kappa shape index (κ1) is 12.6. The Morgan fingerprint density at radius 1 is 1.40 bits per heavy atom. The molecular formula is C11H15N7O2. The van der Waals surface area contributed by atoms with Gasteiger partial charge in [0.05, 0.1) is 0 Å². The van der Waals surface area contributed by atoms with Crippen LogP contribution in [0.2, 0.25) is 0 Å². The number of hydrogen-bond donors (Lipinski definition) is 4. The van der Waals surface area contributed by atoms with Gasteiger partial charge in [-0.2, -0.15) is 0 Å². The average Bonchev–Trinajstić information content (AvgIpc) is 3.02. The van der Waals surface area contributed by atoms with Gasteiger partial charge in [0.2, 0.25) is 11.9 Å². The monoisotopic (exact) mass is 277 g/mol. The Bertz CT molecular complexity index is 668. The van der Waals surface area contributed by atoms with E-state index in [1.165, 1.54) is 6.33 Å². The van der Waals surface area contributed by atoms with Gasteiger partial charge in [-0.25, -0.2) is 20.4 Å². The summed E-state index contributed by atoms with van der Waals surface area (Å²) in [5.41, 5.74) is 14.4. The Morgan fingerprint density at radius 2 is 2.20 bits per heavy atom. The minimum absolute atomic E-state index is 0.0107. The van der Waals surface area contributed by atoms with Crippen LogP contribution >= 0.6 is 0 Å². The molecule has 2 aromatic rings. The van der Waals surface area contributed by atoms with Crippen LogP contribution in [-0.2, 0) is 4.79 Å². The molecule has 1 aliphatic carbocycles. The fourth-order valence-electron chi connectivity index (χ4n) is 2.82. The molecule has 1 saturated carbocycles. The third-order valence-corrected chi connectivity index (χ3v) is 3.78. The van der Waals surface area contributed by atoms with Gasteiger partial charge in [-0.05, 0) is 19.3 Å². The number of nitrogen functional groups attached to an aromatic ring is 2. The molecular weight excluding hydrogens is 262 g/mol. The van der Waals surface area contributed by atoms with Crippen molar-refractivity contribution in [2.75, 3.05) is 11.5 Å². The highest BCUT2D eigenvalue weighted by atomic mass is 16.5. The number of nitrogens with two attached hydrogens (primary N) is 2. The molecule has 9 heteroatoms. The van der Waals surface area contributed by atoms with Gasteiger partial charge in [0.15, 0.2) is 17.0 Å². The van der Waals surface area contributed by atoms with Crippen molar-refractivity contribution in [3.8, 4) is 0 Å². The van der Waals surface area contributed by atoms with Crippen molar-refractivity contribution in [2.24, 2.45) is 5.92 Å². The Labute approximate surface area is 114 Å². The van der Waals surface area contributed by atoms with Crippen molar-refractivity contribution in [1.82, 2.24) is 25.0 Å². The first-order valence-electron chi connectivity index (χ1n) is 6.29. The third kappa shape index (κ3) is 1.83. The van der Waals surface area contributed by atoms with Crippen LogP contribution in [0.4, 0.5) is 11.8 Å². The molecule has 1 fully saturated rings. The lowest BCUT2D eigenvalue weighted by Gasteiger charge is -2.14. The maximum Gasteiger partial charge on any atom is 0.246 e. The van der Waals surface area contributed by atoms with Gasteiger partial charge >= 0.3 is 0 Å². The molecule has 0 aliphatic heterocycles. The number of rotatable bonds is 2. The molecule has 0 radical (unpaired) electrons. The van der Waals surface area contributed by atoms with Crippen molar-refractivity contribution in [3.63, 3.8) is 0 Å². The molecule has 20 heavy (non-hydrogen) atoms. The highest BCUT2D eigenvalue weighted by Gasteiger charge is 2.33. The van der Waals surface area contributed by atoms with E-state index >= 15 is 0 Å². The molecule has 0 saturated heterocycles. The number of nitrogens with one attached hydrogen (secondary N) is 1. The summed E-state index contributed by atoms with van der Waals surface area (Å²) >= 11 is 0. The van der Waals surface area contributed by atoms with Crippen molar-refractivity contribution in [3.05, 3.63) is 6.33 Å². The highest BCUT2D eigenvalue weighted by molar-refractivity contribution is 5.84. The molecule has 3 rings (SSSR count). The molecule has 0 spiro atoms. The number of aromatic nitrogens is 4. The topological polar surface area (TPSA) is 145 Å². The van der Waals surface area contributed by atoms with Crippen LogP contribution in [0.3, 0.4) is 0 Å². The number of nitrogens with zero attached hydrogens (tertiary/aromatic N) is 4. The maximum absolute atomic E-state index is 11.5. The number of fused-ring (bicyclic) bond motifs is 1. The van der Waals surface area contributed by atoms with Gasteiger partial charge in [-0.1, -0.05) is 0 Å². The lowest BCUT2D eigenvalue weighted by Crippen LogP contribution is -2.26. The number of carbonyl (C=O) groups is 1. The molecule has 2 atom stereocenters. The quantitative estimate of drug-likeness (QED) is 0.440. The predicted molar refractivity (Wildman–Crippen MR) is 70.5 cm³/mol. The number of imidazole rings is 1. The largest absolute Gasteiger partial charge is 0.382 e. The van der Waals surface area contributed by atoms with E-state index in [2.05, 4.69) is 15.0 Å². The SMILES string of the molecule is Nc1ncnc2c1nc(N)n2[C@@H]1CC[C@@H](C(=O)NO)C1. The predicted octanol–water partition coefficient (Wildman–Crippen LogP) is -0.163. The zero-order valence-corrected chi connectivity index (χ0v) is 10.7. The summed E-state index contributed by atoms with van der Waals surface area (Å²) in [6.45, 7) is 0. The Morgan fingerprint density at radius 3 is 2.95 bits per heavy atom. The van der Waals surface area contributed by atoms with Crippen molar-refractivity contribution in [1.29, 1.82) is 0 Å². The zero-order chi connectivity index (χ0) is 14.3. The van der Waals surface area contributed by atoms with Crippen LogP contribution < -0.4 is 16.9 Å². The van der Waals surface area contributed by atoms with Gasteiger partial charge in [-0.3, -0.25) is 14.6 Å². The fraction of sp³-hybridized carbons (Fsp3) is 0.455. The highest BCUT2D eigenvalue weighted by Crippen LogP contribution is 2.38. The summed E-state index contributed by atoms with van der Waals surface area (Å²) in [4.78, 5) is 23.7. The van der Waals surface area contributed by atoms with Gasteiger partial charge in [0.25, 0.3) is 0 Å². The summed E-state index contributed by atoms with van der Waals surface area (Å²) in [5, 5.41) is 8.69. The van der Waals surface area contributed by atoms with E-state index in [0.29, 0.717) is 30.0 Å². The molecule has 9 nitrogen and oxygen atoms in total. The van der Waals surface area contributed by atoms with Crippen molar-refractivity contribution >= 4 is 28.8 Å². The Hall–Kier alpha value is -2.42. The van der Waals surface area contributed by atoms with Crippen LogP contribution in [0.25, 0.3) is 11.2 Å². The van der Waals surface area contributed by atoms with Gasteiger partial charge in [0, 0.05) is 12.0 Å². The van der Waals surface area contributed by atoms with E-state index in [-0.39, 0.29) is 23.7 Å². The second-order valence-corrected chi connectivity index (χ2v) is 4.91. The number of hydroxylamine groups is 1.